The van der Waals surface area contributed by atoms with Crippen LogP contribution in [0.4, 0.5) is 4.39 Å². The number of hydrogen-bond acceptors (Lipinski definition) is 4. The number of carbonyl (C=O) groups is 2. The maximum absolute atomic E-state index is 14.2. The molecule has 6 nitrogen and oxygen atoms in total. The van der Waals surface area contributed by atoms with Gasteiger partial charge in [-0.3, -0.25) is 9.59 Å². The second-order valence-corrected chi connectivity index (χ2v) is 5.74. The molecule has 0 spiro atoms. The number of piperidine rings is 1. The average Bonchev–Trinajstić information content (AvgIpc) is 2.53. The van der Waals surface area contributed by atoms with E-state index in [0.29, 0.717) is 13.0 Å². The fourth-order valence-electron chi connectivity index (χ4n) is 2.96. The largest absolute Gasteiger partial charge is 0.493 e. The Hall–Kier alpha value is -2.31. The molecule has 1 fully saturated rings. The van der Waals surface area contributed by atoms with Crippen LogP contribution in [0.15, 0.2) is 12.1 Å². The number of carboxylic acid groups (broad SMARTS) is 1. The van der Waals surface area contributed by atoms with E-state index >= 15 is 0 Å². The van der Waals surface area contributed by atoms with Gasteiger partial charge in [-0.2, -0.15) is 0 Å². The van der Waals surface area contributed by atoms with Crippen molar-refractivity contribution in [2.45, 2.75) is 13.3 Å². The van der Waals surface area contributed by atoms with Crippen LogP contribution >= 0.6 is 0 Å². The van der Waals surface area contributed by atoms with Gasteiger partial charge in [0, 0.05) is 13.1 Å². The number of carbonyl (C=O) groups excluding carboxylic acids is 1. The molecule has 1 aliphatic heterocycles. The smallest absolute Gasteiger partial charge is 0.308 e. The Bertz CT molecular complexity index is 619. The van der Waals surface area contributed by atoms with Crippen molar-refractivity contribution in [1.29, 1.82) is 0 Å². The molecule has 2 unspecified atom stereocenters. The zero-order valence-corrected chi connectivity index (χ0v) is 13.3. The number of aliphatic carboxylic acids is 1. The van der Waals surface area contributed by atoms with Gasteiger partial charge in [0.2, 0.25) is 0 Å². The summed E-state index contributed by atoms with van der Waals surface area (Å²) in [5.41, 5.74) is -0.231. The summed E-state index contributed by atoms with van der Waals surface area (Å²) in [5, 5.41) is 9.21. The van der Waals surface area contributed by atoms with E-state index < -0.39 is 23.6 Å². The number of halogens is 1. The summed E-state index contributed by atoms with van der Waals surface area (Å²) in [6.07, 6.45) is 0.497. The molecule has 1 amide bonds. The molecule has 1 aromatic rings. The van der Waals surface area contributed by atoms with E-state index in [-0.39, 0.29) is 29.5 Å². The SMILES string of the molecule is COc1ccc(F)c(C(=O)N2CC(C)CC(C(=O)O)C2)c1OC. The Morgan fingerprint density at radius 2 is 1.96 bits per heavy atom. The summed E-state index contributed by atoms with van der Waals surface area (Å²) < 4.78 is 24.4. The Morgan fingerprint density at radius 1 is 1.26 bits per heavy atom. The van der Waals surface area contributed by atoms with Crippen molar-refractivity contribution in [3.05, 3.63) is 23.5 Å². The van der Waals surface area contributed by atoms with E-state index in [9.17, 15) is 19.1 Å². The Balaban J connectivity index is 2.38. The van der Waals surface area contributed by atoms with Crippen molar-refractivity contribution in [1.82, 2.24) is 4.90 Å². The van der Waals surface area contributed by atoms with Crippen LogP contribution < -0.4 is 9.47 Å². The van der Waals surface area contributed by atoms with Crippen LogP contribution in [0.2, 0.25) is 0 Å². The molecule has 1 heterocycles. The number of hydrogen-bond donors (Lipinski definition) is 1. The van der Waals surface area contributed by atoms with Crippen LogP contribution in [0.5, 0.6) is 11.5 Å². The van der Waals surface area contributed by atoms with Crippen molar-refractivity contribution in [3.8, 4) is 11.5 Å². The molecule has 1 saturated heterocycles. The summed E-state index contributed by atoms with van der Waals surface area (Å²) >= 11 is 0. The molecule has 7 heteroatoms. The topological polar surface area (TPSA) is 76.1 Å². The number of likely N-dealkylation sites (tertiary alicyclic amines) is 1. The van der Waals surface area contributed by atoms with Crippen LogP contribution in [0.3, 0.4) is 0 Å². The minimum absolute atomic E-state index is 0.0163. The van der Waals surface area contributed by atoms with Crippen molar-refractivity contribution in [2.24, 2.45) is 11.8 Å². The van der Waals surface area contributed by atoms with Gasteiger partial charge >= 0.3 is 5.97 Å². The van der Waals surface area contributed by atoms with E-state index in [4.69, 9.17) is 9.47 Å². The zero-order valence-electron chi connectivity index (χ0n) is 13.3. The number of rotatable bonds is 4. The lowest BCUT2D eigenvalue weighted by molar-refractivity contribution is -0.143. The highest BCUT2D eigenvalue weighted by atomic mass is 19.1. The summed E-state index contributed by atoms with van der Waals surface area (Å²) in [4.78, 5) is 25.3. The third kappa shape index (κ3) is 3.38. The van der Waals surface area contributed by atoms with Gasteiger partial charge in [-0.1, -0.05) is 6.92 Å². The van der Waals surface area contributed by atoms with Gasteiger partial charge in [0.25, 0.3) is 5.91 Å². The van der Waals surface area contributed by atoms with E-state index in [1.165, 1.54) is 25.2 Å². The summed E-state index contributed by atoms with van der Waals surface area (Å²) in [5.74, 6) is -2.63. The Morgan fingerprint density at radius 3 is 2.52 bits per heavy atom. The van der Waals surface area contributed by atoms with E-state index in [0.717, 1.165) is 6.07 Å². The van der Waals surface area contributed by atoms with Crippen molar-refractivity contribution >= 4 is 11.9 Å². The molecule has 0 bridgehead atoms. The Kier molecular flexibility index (Phi) is 5.08. The first-order valence-corrected chi connectivity index (χ1v) is 7.31. The van der Waals surface area contributed by atoms with Gasteiger partial charge in [0.1, 0.15) is 11.4 Å². The van der Waals surface area contributed by atoms with Gasteiger partial charge in [0.15, 0.2) is 11.5 Å². The third-order valence-electron chi connectivity index (χ3n) is 4.00. The van der Waals surface area contributed by atoms with E-state index in [2.05, 4.69) is 0 Å². The number of ether oxygens (including phenoxy) is 2. The highest BCUT2D eigenvalue weighted by Crippen LogP contribution is 2.34. The van der Waals surface area contributed by atoms with Gasteiger partial charge < -0.3 is 19.5 Å². The molecule has 0 radical (unpaired) electrons. The highest BCUT2D eigenvalue weighted by Gasteiger charge is 2.34. The molecule has 2 rings (SSSR count). The summed E-state index contributed by atoms with van der Waals surface area (Å²) in [6, 6.07) is 2.51. The molecule has 126 valence electrons. The maximum Gasteiger partial charge on any atom is 0.308 e. The molecule has 1 aliphatic rings. The third-order valence-corrected chi connectivity index (χ3v) is 4.00. The van der Waals surface area contributed by atoms with Crippen LogP contribution in [0.1, 0.15) is 23.7 Å². The van der Waals surface area contributed by atoms with Gasteiger partial charge in [-0.25, -0.2) is 4.39 Å². The first-order valence-electron chi connectivity index (χ1n) is 7.31. The molecule has 0 aliphatic carbocycles. The summed E-state index contributed by atoms with van der Waals surface area (Å²) in [7, 11) is 2.72. The van der Waals surface area contributed by atoms with Gasteiger partial charge in [0.05, 0.1) is 20.1 Å². The minimum Gasteiger partial charge on any atom is -0.493 e. The lowest BCUT2D eigenvalue weighted by Gasteiger charge is -2.35. The van der Waals surface area contributed by atoms with Crippen molar-refractivity contribution in [3.63, 3.8) is 0 Å². The van der Waals surface area contributed by atoms with Crippen LogP contribution in [0.25, 0.3) is 0 Å². The molecule has 1 aromatic carbocycles. The van der Waals surface area contributed by atoms with Crippen LogP contribution in [-0.4, -0.2) is 49.2 Å². The number of carboxylic acids is 1. The summed E-state index contributed by atoms with van der Waals surface area (Å²) in [6.45, 7) is 2.30. The van der Waals surface area contributed by atoms with Crippen LogP contribution in [0, 0.1) is 17.7 Å². The lowest BCUT2D eigenvalue weighted by atomic mass is 9.90. The lowest BCUT2D eigenvalue weighted by Crippen LogP contribution is -2.45. The second-order valence-electron chi connectivity index (χ2n) is 5.74. The van der Waals surface area contributed by atoms with Gasteiger partial charge in [-0.05, 0) is 24.5 Å². The minimum atomic E-state index is -0.951. The average molecular weight is 325 g/mol. The molecule has 0 aromatic heterocycles. The first kappa shape index (κ1) is 17.1. The number of benzene rings is 1. The molecule has 0 saturated carbocycles. The van der Waals surface area contributed by atoms with E-state index in [1.54, 1.807) is 0 Å². The standard InChI is InChI=1S/C16H20FNO5/c1-9-6-10(16(20)21)8-18(7-9)15(19)13-11(17)4-5-12(22-2)14(13)23-3/h4-5,9-10H,6-8H2,1-3H3,(H,20,21). The van der Waals surface area contributed by atoms with Crippen LogP contribution in [-0.2, 0) is 4.79 Å². The second kappa shape index (κ2) is 6.85. The number of methoxy groups -OCH3 is 2. The molecule has 2 atom stereocenters. The number of amides is 1. The predicted molar refractivity (Wildman–Crippen MR) is 80.3 cm³/mol. The monoisotopic (exact) mass is 325 g/mol. The zero-order chi connectivity index (χ0) is 17.1. The Labute approximate surface area is 133 Å². The fourth-order valence-corrected chi connectivity index (χ4v) is 2.96. The molecule has 1 N–H and O–H groups in total. The molecular formula is C16H20FNO5. The van der Waals surface area contributed by atoms with E-state index in [1.807, 2.05) is 6.92 Å². The van der Waals surface area contributed by atoms with Crippen molar-refractivity contribution in [2.75, 3.05) is 27.3 Å². The highest BCUT2D eigenvalue weighted by molar-refractivity contribution is 5.98. The quantitative estimate of drug-likeness (QED) is 0.916. The number of nitrogens with zero attached hydrogens (tertiary/aromatic N) is 1. The predicted octanol–water partition coefficient (Wildman–Crippen LogP) is 2.03. The fraction of sp³-hybridized carbons (Fsp3) is 0.500. The first-order chi connectivity index (χ1) is 10.9. The molecule has 23 heavy (non-hydrogen) atoms. The normalized spacial score (nSPS) is 21.0. The van der Waals surface area contributed by atoms with Gasteiger partial charge in [-0.15, -0.1) is 0 Å². The van der Waals surface area contributed by atoms with Crippen molar-refractivity contribution < 1.29 is 28.6 Å². The maximum atomic E-state index is 14.2. The molecular weight excluding hydrogens is 305 g/mol.